The van der Waals surface area contributed by atoms with Crippen LogP contribution in [0.2, 0.25) is 0 Å². The van der Waals surface area contributed by atoms with Gasteiger partial charge in [0, 0.05) is 16.8 Å². The highest BCUT2D eigenvalue weighted by molar-refractivity contribution is 9.09. The third kappa shape index (κ3) is 1.99. The molecule has 5 aliphatic rings. The fourth-order valence-corrected chi connectivity index (χ4v) is 6.29. The van der Waals surface area contributed by atoms with E-state index in [-0.39, 0.29) is 5.54 Å². The van der Waals surface area contributed by atoms with E-state index in [0.29, 0.717) is 23.7 Å². The van der Waals surface area contributed by atoms with Crippen molar-refractivity contribution in [3.63, 3.8) is 0 Å². The molecule has 0 aromatic carbocycles. The van der Waals surface area contributed by atoms with Crippen molar-refractivity contribution >= 4 is 21.8 Å². The summed E-state index contributed by atoms with van der Waals surface area (Å²) in [6, 6.07) is 0. The van der Waals surface area contributed by atoms with Crippen LogP contribution in [0.25, 0.3) is 0 Å². The van der Waals surface area contributed by atoms with Crippen molar-refractivity contribution in [3.05, 3.63) is 0 Å². The molecule has 5 fully saturated rings. The summed E-state index contributed by atoms with van der Waals surface area (Å²) in [5.74, 6) is 4.09. The Morgan fingerprint density at radius 2 is 1.63 bits per heavy atom. The summed E-state index contributed by atoms with van der Waals surface area (Å²) >= 11 is 3.60. The van der Waals surface area contributed by atoms with Gasteiger partial charge < -0.3 is 5.32 Å². The van der Waals surface area contributed by atoms with Crippen molar-refractivity contribution in [2.75, 3.05) is 5.33 Å². The van der Waals surface area contributed by atoms with Crippen LogP contribution in [0.5, 0.6) is 0 Å². The van der Waals surface area contributed by atoms with Gasteiger partial charge in [-0.25, -0.2) is 0 Å². The fraction of sp³-hybridized carbons (Fsp3) is 0.938. The first-order valence-corrected chi connectivity index (χ1v) is 9.19. The molecule has 0 aromatic rings. The molecule has 0 radical (unpaired) electrons. The maximum absolute atomic E-state index is 12.8. The highest BCUT2D eigenvalue weighted by Gasteiger charge is 2.52. The van der Waals surface area contributed by atoms with Crippen LogP contribution in [0.1, 0.15) is 51.4 Å². The number of alkyl halides is 1. The van der Waals surface area contributed by atoms with Gasteiger partial charge in [-0.3, -0.25) is 4.79 Å². The number of hydrogen-bond donors (Lipinski definition) is 1. The molecule has 2 nitrogen and oxygen atoms in total. The Morgan fingerprint density at radius 3 is 2.05 bits per heavy atom. The van der Waals surface area contributed by atoms with E-state index in [2.05, 4.69) is 21.2 Å². The Balaban J connectivity index is 1.48. The number of hydrogen-bond acceptors (Lipinski definition) is 1. The van der Waals surface area contributed by atoms with E-state index in [0.717, 1.165) is 30.0 Å². The topological polar surface area (TPSA) is 29.1 Å². The second kappa shape index (κ2) is 4.47. The number of amides is 1. The third-order valence-electron chi connectivity index (χ3n) is 6.48. The lowest BCUT2D eigenvalue weighted by molar-refractivity contribution is -0.140. The Kier molecular flexibility index (Phi) is 2.98. The van der Waals surface area contributed by atoms with Crippen LogP contribution in [-0.4, -0.2) is 16.8 Å². The molecule has 0 spiro atoms. The van der Waals surface area contributed by atoms with Crippen LogP contribution < -0.4 is 5.32 Å². The standard InChI is InChI=1S/C16H24BrNO/c17-9-16(2-1-3-16)18-15(19)14-12-5-10-4-11(7-12)8-13(14)6-10/h10-14H,1-9H2,(H,18,19). The Hall–Kier alpha value is -0.0500. The molecule has 0 heterocycles. The molecule has 5 aliphatic carbocycles. The number of halogens is 1. The van der Waals surface area contributed by atoms with Gasteiger partial charge in [-0.1, -0.05) is 15.9 Å². The van der Waals surface area contributed by atoms with Crippen molar-refractivity contribution in [1.29, 1.82) is 0 Å². The van der Waals surface area contributed by atoms with Crippen LogP contribution in [0.3, 0.4) is 0 Å². The maximum Gasteiger partial charge on any atom is 0.224 e. The SMILES string of the molecule is O=C(NC1(CBr)CCC1)C1C2CC3CC(C2)CC1C3. The quantitative estimate of drug-likeness (QED) is 0.790. The highest BCUT2D eigenvalue weighted by Crippen LogP contribution is 2.56. The summed E-state index contributed by atoms with van der Waals surface area (Å²) in [6.45, 7) is 0. The molecule has 0 aliphatic heterocycles. The zero-order valence-corrected chi connectivity index (χ0v) is 13.1. The van der Waals surface area contributed by atoms with Crippen LogP contribution in [0.15, 0.2) is 0 Å². The number of nitrogens with one attached hydrogen (secondary N) is 1. The van der Waals surface area contributed by atoms with Gasteiger partial charge in [0.05, 0.1) is 0 Å². The zero-order chi connectivity index (χ0) is 13.0. The lowest BCUT2D eigenvalue weighted by Gasteiger charge is -2.54. The van der Waals surface area contributed by atoms with E-state index < -0.39 is 0 Å². The van der Waals surface area contributed by atoms with Crippen molar-refractivity contribution in [2.24, 2.45) is 29.6 Å². The second-order valence-corrected chi connectivity index (χ2v) is 8.27. The van der Waals surface area contributed by atoms with Crippen molar-refractivity contribution in [1.82, 2.24) is 5.32 Å². The molecule has 0 atom stereocenters. The molecular formula is C16H24BrNO. The minimum Gasteiger partial charge on any atom is -0.350 e. The summed E-state index contributed by atoms with van der Waals surface area (Å²) in [7, 11) is 0. The highest BCUT2D eigenvalue weighted by atomic mass is 79.9. The van der Waals surface area contributed by atoms with Crippen LogP contribution in [0, 0.1) is 29.6 Å². The molecular weight excluding hydrogens is 302 g/mol. The molecule has 3 heteroatoms. The second-order valence-electron chi connectivity index (χ2n) is 7.71. The van der Waals surface area contributed by atoms with Crippen LogP contribution in [0.4, 0.5) is 0 Å². The molecule has 1 N–H and O–H groups in total. The Labute approximate surface area is 124 Å². The molecule has 5 saturated carbocycles. The van der Waals surface area contributed by atoms with Crippen LogP contribution >= 0.6 is 15.9 Å². The summed E-state index contributed by atoms with van der Waals surface area (Å²) in [4.78, 5) is 12.8. The smallest absolute Gasteiger partial charge is 0.224 e. The average Bonchev–Trinajstić information content (AvgIpc) is 2.32. The van der Waals surface area contributed by atoms with Crippen molar-refractivity contribution in [2.45, 2.75) is 56.9 Å². The van der Waals surface area contributed by atoms with E-state index in [4.69, 9.17) is 0 Å². The molecule has 5 rings (SSSR count). The first-order valence-electron chi connectivity index (χ1n) is 8.07. The predicted molar refractivity (Wildman–Crippen MR) is 79.1 cm³/mol. The Bertz CT molecular complexity index is 357. The van der Waals surface area contributed by atoms with Crippen molar-refractivity contribution < 1.29 is 4.79 Å². The lowest BCUT2D eigenvalue weighted by Crippen LogP contribution is -2.59. The summed E-state index contributed by atoms with van der Waals surface area (Å²) in [5, 5.41) is 4.35. The predicted octanol–water partition coefficient (Wildman–Crippen LogP) is 3.49. The normalized spacial score (nSPS) is 45.8. The molecule has 0 aromatic heterocycles. The summed E-state index contributed by atoms with van der Waals surface area (Å²) in [5.41, 5.74) is 0.103. The largest absolute Gasteiger partial charge is 0.350 e. The minimum absolute atomic E-state index is 0.103. The molecule has 106 valence electrons. The number of carbonyl (C=O) groups excluding carboxylic acids is 1. The van der Waals surface area contributed by atoms with Gasteiger partial charge >= 0.3 is 0 Å². The van der Waals surface area contributed by atoms with Gasteiger partial charge in [0.25, 0.3) is 0 Å². The van der Waals surface area contributed by atoms with E-state index in [1.54, 1.807) is 0 Å². The van der Waals surface area contributed by atoms with E-state index in [9.17, 15) is 4.79 Å². The Morgan fingerprint density at radius 1 is 1.05 bits per heavy atom. The first kappa shape index (κ1) is 12.7. The van der Waals surface area contributed by atoms with Gasteiger partial charge in [-0.2, -0.15) is 0 Å². The van der Waals surface area contributed by atoms with Gasteiger partial charge in [-0.15, -0.1) is 0 Å². The lowest BCUT2D eigenvalue weighted by atomic mass is 9.51. The van der Waals surface area contributed by atoms with Gasteiger partial charge in [0.1, 0.15) is 0 Å². The van der Waals surface area contributed by atoms with E-state index in [1.807, 2.05) is 0 Å². The number of rotatable bonds is 3. The monoisotopic (exact) mass is 325 g/mol. The zero-order valence-electron chi connectivity index (χ0n) is 11.5. The van der Waals surface area contributed by atoms with Crippen molar-refractivity contribution in [3.8, 4) is 0 Å². The first-order chi connectivity index (χ1) is 9.19. The number of carbonyl (C=O) groups is 1. The summed E-state index contributed by atoms with van der Waals surface area (Å²) < 4.78 is 0. The van der Waals surface area contributed by atoms with Gasteiger partial charge in [0.15, 0.2) is 0 Å². The maximum atomic E-state index is 12.8. The fourth-order valence-electron chi connectivity index (χ4n) is 5.59. The van der Waals surface area contributed by atoms with Crippen LogP contribution in [-0.2, 0) is 4.79 Å². The third-order valence-corrected chi connectivity index (χ3v) is 7.56. The summed E-state index contributed by atoms with van der Waals surface area (Å²) in [6.07, 6.45) is 10.4. The molecule has 0 unspecified atom stereocenters. The van der Waals surface area contributed by atoms with Gasteiger partial charge in [0.2, 0.25) is 5.91 Å². The van der Waals surface area contributed by atoms with E-state index in [1.165, 1.54) is 38.5 Å². The molecule has 19 heavy (non-hydrogen) atoms. The molecule has 1 amide bonds. The van der Waals surface area contributed by atoms with E-state index >= 15 is 0 Å². The molecule has 0 saturated heterocycles. The van der Waals surface area contributed by atoms with Gasteiger partial charge in [-0.05, 0) is 75.0 Å². The average molecular weight is 326 g/mol. The molecule has 4 bridgehead atoms. The minimum atomic E-state index is 0.103.